The fourth-order valence-electron chi connectivity index (χ4n) is 2.68. The number of aromatic nitrogens is 3. The van der Waals surface area contributed by atoms with Crippen LogP contribution in [0.5, 0.6) is 0 Å². The van der Waals surface area contributed by atoms with E-state index in [1.807, 2.05) is 51.1 Å². The van der Waals surface area contributed by atoms with Gasteiger partial charge in [-0.3, -0.25) is 9.20 Å². The van der Waals surface area contributed by atoms with Crippen LogP contribution < -0.4 is 5.32 Å². The maximum atomic E-state index is 12.8. The molecular formula is C22H29ClN4O2. The highest BCUT2D eigenvalue weighted by Crippen LogP contribution is 2.23. The molecule has 1 amide bonds. The third-order valence-electron chi connectivity index (χ3n) is 4.90. The number of amides is 1. The summed E-state index contributed by atoms with van der Waals surface area (Å²) in [6, 6.07) is 13.0. The van der Waals surface area contributed by atoms with Crippen molar-refractivity contribution in [2.45, 2.75) is 47.3 Å². The summed E-state index contributed by atoms with van der Waals surface area (Å²) < 4.78 is 7.69. The van der Waals surface area contributed by atoms with E-state index in [0.29, 0.717) is 23.1 Å². The number of pyridine rings is 1. The van der Waals surface area contributed by atoms with Gasteiger partial charge in [0, 0.05) is 11.6 Å². The Labute approximate surface area is 177 Å². The van der Waals surface area contributed by atoms with Gasteiger partial charge in [0.2, 0.25) is 5.91 Å². The first-order valence-electron chi connectivity index (χ1n) is 9.33. The molecule has 0 radical (unpaired) electrons. The molecule has 0 aliphatic heterocycles. The van der Waals surface area contributed by atoms with Gasteiger partial charge in [0.1, 0.15) is 6.04 Å². The molecule has 0 bridgehead atoms. The first kappa shape index (κ1) is 22.8. The van der Waals surface area contributed by atoms with Gasteiger partial charge in [0.25, 0.3) is 0 Å². The first-order chi connectivity index (χ1) is 13.4. The maximum absolute atomic E-state index is 12.8. The van der Waals surface area contributed by atoms with E-state index in [9.17, 15) is 4.79 Å². The zero-order valence-electron chi connectivity index (χ0n) is 16.4. The summed E-state index contributed by atoms with van der Waals surface area (Å²) in [5.74, 6) is 0.535. The Hall–Kier alpha value is -2.44. The van der Waals surface area contributed by atoms with Gasteiger partial charge in [0.05, 0.1) is 18.2 Å². The monoisotopic (exact) mass is 416 g/mol. The van der Waals surface area contributed by atoms with Crippen LogP contribution >= 0.6 is 11.6 Å². The van der Waals surface area contributed by atoms with Gasteiger partial charge in [-0.05, 0) is 24.1 Å². The number of benzene rings is 1. The normalized spacial score (nSPS) is 12.4. The van der Waals surface area contributed by atoms with Gasteiger partial charge < -0.3 is 10.1 Å². The summed E-state index contributed by atoms with van der Waals surface area (Å²) in [7, 11) is 0. The number of hydrogen-bond acceptors (Lipinski definition) is 4. The Morgan fingerprint density at radius 1 is 1.21 bits per heavy atom. The van der Waals surface area contributed by atoms with Crippen LogP contribution in [0.3, 0.4) is 0 Å². The fourth-order valence-corrected chi connectivity index (χ4v) is 2.84. The number of carbonyl (C=O) groups is 1. The quantitative estimate of drug-likeness (QED) is 0.571. The lowest BCUT2D eigenvalue weighted by Gasteiger charge is -2.25. The van der Waals surface area contributed by atoms with Crippen molar-refractivity contribution in [3.05, 3.63) is 65.1 Å². The molecule has 3 rings (SSSR count). The third-order valence-corrected chi connectivity index (χ3v) is 5.13. The van der Waals surface area contributed by atoms with Crippen molar-refractivity contribution in [3.8, 4) is 0 Å². The first-order valence-corrected chi connectivity index (χ1v) is 9.71. The minimum atomic E-state index is -0.490. The van der Waals surface area contributed by atoms with Crippen molar-refractivity contribution in [1.82, 2.24) is 19.9 Å². The molecule has 3 aromatic rings. The Balaban J connectivity index is 0.00000300. The molecule has 0 aliphatic rings. The van der Waals surface area contributed by atoms with Crippen LogP contribution in [0.4, 0.5) is 0 Å². The molecule has 0 saturated heterocycles. The van der Waals surface area contributed by atoms with Crippen molar-refractivity contribution < 1.29 is 9.53 Å². The Morgan fingerprint density at radius 3 is 2.62 bits per heavy atom. The van der Waals surface area contributed by atoms with Gasteiger partial charge in [-0.1, -0.05) is 70.1 Å². The highest BCUT2D eigenvalue weighted by atomic mass is 35.5. The molecule has 7 heteroatoms. The molecule has 0 spiro atoms. The molecule has 0 saturated carbocycles. The predicted molar refractivity (Wildman–Crippen MR) is 116 cm³/mol. The zero-order chi connectivity index (χ0) is 20.1. The summed E-state index contributed by atoms with van der Waals surface area (Å²) in [5, 5.41) is 12.1. The lowest BCUT2D eigenvalue weighted by atomic mass is 9.89. The standard InChI is InChI=1S/C21H25ClN4O2.CH4/c1-4-21(2,3)20(27)23-17(14-28-13-15-8-6-5-7-9-15)19-25-24-18-11-10-16(22)12-26(18)19;/h5-12,17H,4,13-14H2,1-3H3,(H,23,27);1H4/t17-;/m1./s1. The van der Waals surface area contributed by atoms with E-state index in [1.165, 1.54) is 0 Å². The zero-order valence-corrected chi connectivity index (χ0v) is 17.1. The predicted octanol–water partition coefficient (Wildman–Crippen LogP) is 4.83. The van der Waals surface area contributed by atoms with Crippen LogP contribution in [0.15, 0.2) is 48.7 Å². The molecule has 6 nitrogen and oxygen atoms in total. The number of halogens is 1. The van der Waals surface area contributed by atoms with E-state index >= 15 is 0 Å². The average molecular weight is 417 g/mol. The van der Waals surface area contributed by atoms with Crippen LogP contribution in [-0.4, -0.2) is 27.1 Å². The summed E-state index contributed by atoms with van der Waals surface area (Å²) >= 11 is 6.14. The molecule has 2 heterocycles. The number of rotatable bonds is 8. The van der Waals surface area contributed by atoms with Crippen LogP contribution in [0.2, 0.25) is 5.02 Å². The number of hydrogen-bond donors (Lipinski definition) is 1. The van der Waals surface area contributed by atoms with Crippen LogP contribution in [-0.2, 0) is 16.1 Å². The topological polar surface area (TPSA) is 68.5 Å². The minimum absolute atomic E-state index is 0. The molecule has 1 aromatic carbocycles. The van der Waals surface area contributed by atoms with Crippen molar-refractivity contribution in [2.75, 3.05) is 6.61 Å². The van der Waals surface area contributed by atoms with E-state index in [1.54, 1.807) is 22.7 Å². The molecule has 0 unspecified atom stereocenters. The summed E-state index contributed by atoms with van der Waals surface area (Å²) in [5.41, 5.74) is 1.24. The Bertz CT molecular complexity index is 940. The second kappa shape index (κ2) is 9.85. The molecule has 2 aromatic heterocycles. The van der Waals surface area contributed by atoms with E-state index in [2.05, 4.69) is 15.5 Å². The summed E-state index contributed by atoms with van der Waals surface area (Å²) in [6.45, 7) is 6.55. The van der Waals surface area contributed by atoms with Gasteiger partial charge in [0.15, 0.2) is 11.5 Å². The molecule has 156 valence electrons. The van der Waals surface area contributed by atoms with Gasteiger partial charge in [-0.15, -0.1) is 10.2 Å². The molecule has 1 atom stereocenters. The van der Waals surface area contributed by atoms with E-state index in [0.717, 1.165) is 12.0 Å². The van der Waals surface area contributed by atoms with E-state index in [-0.39, 0.29) is 19.9 Å². The highest BCUT2D eigenvalue weighted by Gasteiger charge is 2.29. The number of nitrogens with zero attached hydrogens (tertiary/aromatic N) is 3. The van der Waals surface area contributed by atoms with Crippen LogP contribution in [0.1, 0.15) is 52.0 Å². The smallest absolute Gasteiger partial charge is 0.226 e. The SMILES string of the molecule is C.CCC(C)(C)C(=O)N[C@H](COCc1ccccc1)c1nnc2ccc(Cl)cn12. The minimum Gasteiger partial charge on any atom is -0.374 e. The number of fused-ring (bicyclic) bond motifs is 1. The Morgan fingerprint density at radius 2 is 1.93 bits per heavy atom. The largest absolute Gasteiger partial charge is 0.374 e. The van der Waals surface area contributed by atoms with Crippen molar-refractivity contribution >= 4 is 23.2 Å². The number of carbonyl (C=O) groups excluding carboxylic acids is 1. The molecule has 0 fully saturated rings. The van der Waals surface area contributed by atoms with Gasteiger partial charge in [-0.25, -0.2) is 0 Å². The Kier molecular flexibility index (Phi) is 7.76. The number of nitrogens with one attached hydrogen (secondary N) is 1. The molecule has 1 N–H and O–H groups in total. The summed E-state index contributed by atoms with van der Waals surface area (Å²) in [6.07, 6.45) is 2.47. The van der Waals surface area contributed by atoms with Crippen molar-refractivity contribution in [2.24, 2.45) is 5.41 Å². The molecule has 0 aliphatic carbocycles. The fraction of sp³-hybridized carbons (Fsp3) is 0.409. The third kappa shape index (κ3) is 5.55. The van der Waals surface area contributed by atoms with Gasteiger partial charge >= 0.3 is 0 Å². The van der Waals surface area contributed by atoms with Crippen molar-refractivity contribution in [3.63, 3.8) is 0 Å². The van der Waals surface area contributed by atoms with E-state index in [4.69, 9.17) is 16.3 Å². The van der Waals surface area contributed by atoms with E-state index < -0.39 is 11.5 Å². The lowest BCUT2D eigenvalue weighted by molar-refractivity contribution is -0.130. The second-order valence-electron chi connectivity index (χ2n) is 7.40. The molecular weight excluding hydrogens is 388 g/mol. The number of ether oxygens (including phenoxy) is 1. The molecule has 29 heavy (non-hydrogen) atoms. The maximum Gasteiger partial charge on any atom is 0.226 e. The van der Waals surface area contributed by atoms with Crippen LogP contribution in [0, 0.1) is 5.41 Å². The summed E-state index contributed by atoms with van der Waals surface area (Å²) in [4.78, 5) is 12.8. The van der Waals surface area contributed by atoms with Crippen LogP contribution in [0.25, 0.3) is 5.65 Å². The average Bonchev–Trinajstić information content (AvgIpc) is 3.10. The highest BCUT2D eigenvalue weighted by molar-refractivity contribution is 6.30. The van der Waals surface area contributed by atoms with Gasteiger partial charge in [-0.2, -0.15) is 0 Å². The van der Waals surface area contributed by atoms with Crippen molar-refractivity contribution in [1.29, 1.82) is 0 Å². The lowest BCUT2D eigenvalue weighted by Crippen LogP contribution is -2.41. The second-order valence-corrected chi connectivity index (χ2v) is 7.83.